The summed E-state index contributed by atoms with van der Waals surface area (Å²) in [5, 5.41) is 30.8. The second-order valence-corrected chi connectivity index (χ2v) is 18.6. The number of aromatic hydroxyl groups is 1. The molecule has 9 rings (SSSR count). The van der Waals surface area contributed by atoms with E-state index in [1.807, 2.05) is 29.8 Å². The molecule has 1 saturated carbocycles. The summed E-state index contributed by atoms with van der Waals surface area (Å²) in [6.45, 7) is 1.83. The number of morpholine rings is 1. The van der Waals surface area contributed by atoms with Crippen LogP contribution in [0.5, 0.6) is 17.4 Å². The molecule has 5 atom stereocenters. The molecule has 3 unspecified atom stereocenters. The predicted octanol–water partition coefficient (Wildman–Crippen LogP) is 4.13. The number of halogens is 4. The van der Waals surface area contributed by atoms with E-state index in [4.69, 9.17) is 14.2 Å². The molecule has 0 radical (unpaired) electrons. The number of hydrogen-bond acceptors (Lipinski definition) is 11. The molecule has 4 aliphatic rings. The number of amides is 2. The first-order valence-corrected chi connectivity index (χ1v) is 22.1. The lowest BCUT2D eigenvalue weighted by atomic mass is 9.90. The maximum absolute atomic E-state index is 13.8. The van der Waals surface area contributed by atoms with Crippen molar-refractivity contribution < 1.29 is 73.4 Å². The van der Waals surface area contributed by atoms with E-state index in [0.29, 0.717) is 59.7 Å². The van der Waals surface area contributed by atoms with Gasteiger partial charge in [0, 0.05) is 31.0 Å². The number of carbonyl (C=O) groups is 3. The normalized spacial score (nSPS) is 24.1. The van der Waals surface area contributed by atoms with Gasteiger partial charge < -0.3 is 56.5 Å². The number of aromatic nitrogens is 1. The fraction of sp³-hybridized carbons (Fsp3) is 0.378. The Morgan fingerprint density at radius 3 is 1.97 bits per heavy atom. The van der Waals surface area contributed by atoms with Crippen LogP contribution in [-0.4, -0.2) is 94.0 Å². The van der Waals surface area contributed by atoms with E-state index in [-0.39, 0.29) is 69.6 Å². The largest absolute Gasteiger partial charge is 1.00 e. The smallest absolute Gasteiger partial charge is 0.349 e. The minimum Gasteiger partial charge on any atom is -1.00 e. The summed E-state index contributed by atoms with van der Waals surface area (Å²) < 4.78 is 58.6. The number of epoxide rings is 1. The van der Waals surface area contributed by atoms with Crippen molar-refractivity contribution >= 4 is 40.5 Å². The van der Waals surface area contributed by atoms with Crippen molar-refractivity contribution in [2.24, 2.45) is 0 Å². The van der Waals surface area contributed by atoms with Crippen LogP contribution in [-0.2, 0) is 19.9 Å². The summed E-state index contributed by atoms with van der Waals surface area (Å²) in [5.41, 5.74) is -0.852. The Kier molecular flexibility index (Phi) is 13.7. The quantitative estimate of drug-likeness (QED) is 0.0918. The molecule has 1 aliphatic carbocycles. The van der Waals surface area contributed by atoms with Gasteiger partial charge in [0.1, 0.15) is 53.3 Å². The number of hydrogen-bond donors (Lipinski definition) is 4. The van der Waals surface area contributed by atoms with Crippen molar-refractivity contribution in [3.05, 3.63) is 128 Å². The number of nitrogens with zero attached hydrogens (tertiary/aromatic N) is 2. The number of esters is 1. The Balaban J connectivity index is 0.000000195. The Morgan fingerprint density at radius 2 is 1.41 bits per heavy atom. The van der Waals surface area contributed by atoms with Crippen LogP contribution in [0.2, 0.25) is 0 Å². The van der Waals surface area contributed by atoms with Crippen molar-refractivity contribution in [1.82, 2.24) is 15.6 Å². The van der Waals surface area contributed by atoms with Gasteiger partial charge in [-0.15, -0.1) is 22.7 Å². The number of piperidine rings is 1. The lowest BCUT2D eigenvalue weighted by Crippen LogP contribution is -3.00. The third-order valence-corrected chi connectivity index (χ3v) is 14.3. The van der Waals surface area contributed by atoms with Gasteiger partial charge in [0.2, 0.25) is 11.5 Å². The van der Waals surface area contributed by atoms with Gasteiger partial charge >= 0.3 is 5.97 Å². The first-order valence-electron chi connectivity index (χ1n) is 20.3. The van der Waals surface area contributed by atoms with Gasteiger partial charge in [-0.1, -0.05) is 23.8 Å². The Hall–Kier alpha value is -4.85. The third kappa shape index (κ3) is 9.66. The highest BCUT2D eigenvalue weighted by atomic mass is 79.9. The number of nitrogens with one attached hydrogen (secondary N) is 2. The molecule has 2 aromatic carbocycles. The van der Waals surface area contributed by atoms with Crippen LogP contribution < -0.4 is 32.4 Å². The molecular weight excluding hydrogens is 926 g/mol. The number of pyridine rings is 1. The SMILES string of the molecule is C[N+]1(C)C2CC(OC(=O)C(O)(c3cccs3)c3cccs3)CC1[C@@H]1O[C@H]21.Cc1ccc(O)c(C(=O)NC2CCC(NC(=O)c3cc(F)cnc3Oc3ccc(F)c(F)c3)CC2)c1.[Br-]. The summed E-state index contributed by atoms with van der Waals surface area (Å²) in [7, 11) is 4.49. The average molecular weight is 972 g/mol. The molecule has 3 aromatic heterocycles. The highest BCUT2D eigenvalue weighted by Crippen LogP contribution is 2.52. The van der Waals surface area contributed by atoms with Gasteiger partial charge in [0.05, 0.1) is 35.6 Å². The minimum atomic E-state index is -1.72. The number of likely N-dealkylation sites (N-methyl/N-ethyl adjacent to an activating group) is 1. The average Bonchev–Trinajstić information content (AvgIpc) is 3.52. The zero-order valence-corrected chi connectivity index (χ0v) is 37.7. The zero-order valence-electron chi connectivity index (χ0n) is 34.4. The summed E-state index contributed by atoms with van der Waals surface area (Å²) in [6, 6.07) is 16.2. The van der Waals surface area contributed by atoms with Crippen molar-refractivity contribution in [2.75, 3.05) is 14.1 Å². The fourth-order valence-electron chi connectivity index (χ4n) is 8.89. The fourth-order valence-corrected chi connectivity index (χ4v) is 10.6. The van der Waals surface area contributed by atoms with E-state index in [0.717, 1.165) is 53.4 Å². The molecule has 12 nitrogen and oxygen atoms in total. The van der Waals surface area contributed by atoms with Crippen molar-refractivity contribution in [2.45, 2.75) is 93.5 Å². The first kappa shape index (κ1) is 46.2. The van der Waals surface area contributed by atoms with Gasteiger partial charge in [-0.25, -0.2) is 22.9 Å². The second-order valence-electron chi connectivity index (χ2n) is 16.7. The molecule has 3 aliphatic heterocycles. The lowest BCUT2D eigenvalue weighted by molar-refractivity contribution is -0.938. The van der Waals surface area contributed by atoms with Crippen LogP contribution >= 0.6 is 22.7 Å². The number of phenolic OH excluding ortho intramolecular Hbond substituents is 1. The third-order valence-electron chi connectivity index (χ3n) is 12.3. The van der Waals surface area contributed by atoms with Crippen LogP contribution in [0.15, 0.2) is 83.7 Å². The van der Waals surface area contributed by atoms with E-state index in [9.17, 15) is 37.8 Å². The maximum atomic E-state index is 13.8. The molecule has 18 heteroatoms. The first-order chi connectivity index (χ1) is 29.6. The number of ether oxygens (including phenoxy) is 3. The van der Waals surface area contributed by atoms with Gasteiger partial charge in [-0.3, -0.25) is 9.59 Å². The summed E-state index contributed by atoms with van der Waals surface area (Å²) in [4.78, 5) is 43.5. The highest BCUT2D eigenvalue weighted by molar-refractivity contribution is 7.12. The van der Waals surface area contributed by atoms with Crippen molar-refractivity contribution in [1.29, 1.82) is 0 Å². The molecule has 2 bridgehead atoms. The number of benzene rings is 2. The van der Waals surface area contributed by atoms with E-state index in [1.165, 1.54) is 28.7 Å². The molecule has 5 aromatic rings. The number of carbonyl (C=O) groups excluding carboxylic acids is 3. The second kappa shape index (κ2) is 18.7. The molecule has 2 amide bonds. The van der Waals surface area contributed by atoms with E-state index < -0.39 is 34.9 Å². The number of rotatable bonds is 10. The topological polar surface area (TPSA) is 160 Å². The molecule has 4 N–H and O–H groups in total. The zero-order chi connectivity index (χ0) is 43.9. The number of aliphatic hydroxyl groups is 1. The molecular formula is C45H46BrF3N4O8S2. The monoisotopic (exact) mass is 970 g/mol. The number of aryl methyl sites for hydroxylation is 1. The number of quaternary nitrogens is 1. The van der Waals surface area contributed by atoms with E-state index >= 15 is 0 Å². The van der Waals surface area contributed by atoms with Crippen LogP contribution in [0.25, 0.3) is 0 Å². The summed E-state index contributed by atoms with van der Waals surface area (Å²) in [5.74, 6) is -4.96. The summed E-state index contributed by atoms with van der Waals surface area (Å²) >= 11 is 2.74. The van der Waals surface area contributed by atoms with Gasteiger partial charge in [0.15, 0.2) is 11.6 Å². The van der Waals surface area contributed by atoms with E-state index in [1.54, 1.807) is 24.3 Å². The molecule has 0 spiro atoms. The van der Waals surface area contributed by atoms with Gasteiger partial charge in [-0.05, 0) is 85.8 Å². The molecule has 63 heavy (non-hydrogen) atoms. The van der Waals surface area contributed by atoms with Crippen LogP contribution in [0.1, 0.15) is 74.6 Å². The standard InChI is InChI=1S/C26H24F3N3O4.C19H22NO4S2.BrH/c1-14-2-9-23(33)19(10-14)24(34)31-16-3-5-17(6-4-16)32-25(35)20-11-15(27)13-30-26(20)36-18-7-8-21(28)22(29)12-18;1-20(2)12-9-11(10-13(20)17-16(12)24-17)23-18(21)19(22,14-5-3-7-25-14)15-6-4-8-26-15;/h2,7-13,16-17,33H,3-6H2,1H3,(H,31,34)(H,32,35);3-8,11-13,16-17,22H,9-10H2,1-2H3;1H/q;+1;/p-1/t;11?,12?,13?,16-,17+;. The molecule has 6 heterocycles. The molecule has 4 fully saturated rings. The molecule has 334 valence electrons. The Bertz CT molecular complexity index is 2400. The van der Waals surface area contributed by atoms with Crippen LogP contribution in [0.4, 0.5) is 13.2 Å². The highest BCUT2D eigenvalue weighted by Gasteiger charge is 2.71. The lowest BCUT2D eigenvalue weighted by Gasteiger charge is -2.45. The minimum absolute atomic E-state index is 0. The predicted molar refractivity (Wildman–Crippen MR) is 224 cm³/mol. The number of phenols is 1. The maximum Gasteiger partial charge on any atom is 0.349 e. The van der Waals surface area contributed by atoms with E-state index in [2.05, 4.69) is 29.7 Å². The van der Waals surface area contributed by atoms with Gasteiger partial charge in [0.25, 0.3) is 11.8 Å². The molecule has 3 saturated heterocycles. The van der Waals surface area contributed by atoms with Crippen molar-refractivity contribution in [3.63, 3.8) is 0 Å². The Labute approximate surface area is 380 Å². The van der Waals surface area contributed by atoms with Crippen LogP contribution in [0, 0.1) is 24.4 Å². The summed E-state index contributed by atoms with van der Waals surface area (Å²) in [6.07, 6.45) is 5.18. The number of fused-ring (bicyclic) bond motifs is 5. The number of thiophene rings is 2. The van der Waals surface area contributed by atoms with Crippen molar-refractivity contribution in [3.8, 4) is 17.4 Å². The van der Waals surface area contributed by atoms with Gasteiger partial charge in [-0.2, -0.15) is 0 Å². The Morgan fingerprint density at radius 1 is 0.825 bits per heavy atom. The van der Waals surface area contributed by atoms with Crippen LogP contribution in [0.3, 0.4) is 0 Å².